The van der Waals surface area contributed by atoms with E-state index in [1.807, 2.05) is 26.8 Å². The Morgan fingerprint density at radius 2 is 1.14 bits per heavy atom. The normalized spacial score (nSPS) is 8.27. The number of allylic oxidation sites excluding steroid dienone is 1. The van der Waals surface area contributed by atoms with Crippen molar-refractivity contribution in [2.75, 3.05) is 0 Å². The van der Waals surface area contributed by atoms with Crippen molar-refractivity contribution in [3.05, 3.63) is 86.0 Å². The van der Waals surface area contributed by atoms with E-state index < -0.39 is 0 Å². The van der Waals surface area contributed by atoms with Crippen LogP contribution in [0.5, 0.6) is 0 Å². The first kappa shape index (κ1) is 22.2. The molecule has 22 heavy (non-hydrogen) atoms. The van der Waals surface area contributed by atoms with Gasteiger partial charge < -0.3 is 0 Å². The van der Waals surface area contributed by atoms with Crippen molar-refractivity contribution in [1.29, 1.82) is 0 Å². The third-order valence-electron chi connectivity index (χ3n) is 2.68. The maximum Gasteiger partial charge on any atom is -0.0184 e. The van der Waals surface area contributed by atoms with Crippen molar-refractivity contribution in [1.82, 2.24) is 0 Å². The first-order valence-corrected chi connectivity index (χ1v) is 7.91. The largest absolute Gasteiger partial charge is 0.106 e. The van der Waals surface area contributed by atoms with Gasteiger partial charge in [-0.2, -0.15) is 0 Å². The van der Waals surface area contributed by atoms with E-state index in [2.05, 4.69) is 82.1 Å². The van der Waals surface area contributed by atoms with Crippen LogP contribution >= 0.6 is 0 Å². The van der Waals surface area contributed by atoms with Crippen LogP contribution in [0.25, 0.3) is 11.1 Å². The lowest BCUT2D eigenvalue weighted by Crippen LogP contribution is -1.86. The molecule has 0 nitrogen and oxygen atoms in total. The molecule has 0 atom stereocenters. The Hall–Kier alpha value is -2.08. The molecular weight excluding hydrogens is 264 g/mol. The van der Waals surface area contributed by atoms with Crippen molar-refractivity contribution in [3.63, 3.8) is 0 Å². The number of benzene rings is 2. The molecule has 0 bridgehead atoms. The van der Waals surface area contributed by atoms with Gasteiger partial charge in [0.05, 0.1) is 0 Å². The molecule has 2 aromatic carbocycles. The van der Waals surface area contributed by atoms with Gasteiger partial charge in [0, 0.05) is 0 Å². The fraction of sp³-hybridized carbons (Fsp3) is 0.273. The highest BCUT2D eigenvalue weighted by Crippen LogP contribution is 2.22. The van der Waals surface area contributed by atoms with E-state index in [0.29, 0.717) is 5.92 Å². The van der Waals surface area contributed by atoms with Crippen LogP contribution in [0.4, 0.5) is 0 Å². The maximum absolute atomic E-state index is 3.36. The van der Waals surface area contributed by atoms with Gasteiger partial charge >= 0.3 is 0 Å². The van der Waals surface area contributed by atoms with Crippen LogP contribution in [0, 0.1) is 0 Å². The van der Waals surface area contributed by atoms with Gasteiger partial charge in [-0.15, -0.1) is 19.7 Å². The second-order valence-corrected chi connectivity index (χ2v) is 4.55. The van der Waals surface area contributed by atoms with Gasteiger partial charge in [0.15, 0.2) is 0 Å². The number of hydrogen-bond donors (Lipinski definition) is 0. The van der Waals surface area contributed by atoms with Gasteiger partial charge in [-0.05, 0) is 29.5 Å². The minimum atomic E-state index is 0.606. The molecular formula is C22H32. The average Bonchev–Trinajstić information content (AvgIpc) is 2.60. The molecule has 0 fully saturated rings. The maximum atomic E-state index is 3.36. The molecule has 0 radical (unpaired) electrons. The second-order valence-electron chi connectivity index (χ2n) is 4.55. The van der Waals surface area contributed by atoms with E-state index in [9.17, 15) is 0 Å². The third kappa shape index (κ3) is 8.97. The summed E-state index contributed by atoms with van der Waals surface area (Å²) < 4.78 is 0. The fourth-order valence-corrected chi connectivity index (χ4v) is 1.69. The fourth-order valence-electron chi connectivity index (χ4n) is 1.69. The second kappa shape index (κ2) is 15.3. The number of rotatable bonds is 2. The molecule has 0 aromatic heterocycles. The smallest absolute Gasteiger partial charge is 0.0184 e. The first-order chi connectivity index (χ1) is 10.7. The molecule has 0 heteroatoms. The molecule has 0 amide bonds. The van der Waals surface area contributed by atoms with E-state index in [0.717, 1.165) is 0 Å². The molecule has 0 heterocycles. The summed E-state index contributed by atoms with van der Waals surface area (Å²) in [6, 6.07) is 19.3. The van der Waals surface area contributed by atoms with Crippen LogP contribution in [0.1, 0.15) is 46.1 Å². The minimum Gasteiger partial charge on any atom is -0.106 e. The predicted molar refractivity (Wildman–Crippen MR) is 104 cm³/mol. The van der Waals surface area contributed by atoms with Crippen molar-refractivity contribution >= 4 is 0 Å². The Bertz CT molecular complexity index is 463. The van der Waals surface area contributed by atoms with Gasteiger partial charge in [-0.3, -0.25) is 0 Å². The van der Waals surface area contributed by atoms with Crippen molar-refractivity contribution in [2.45, 2.75) is 40.5 Å². The zero-order valence-electron chi connectivity index (χ0n) is 15.0. The molecule has 0 unspecified atom stereocenters. The molecule has 0 aliphatic heterocycles. The third-order valence-corrected chi connectivity index (χ3v) is 2.68. The van der Waals surface area contributed by atoms with Gasteiger partial charge in [-0.1, -0.05) is 88.4 Å². The summed E-state index contributed by atoms with van der Waals surface area (Å²) >= 11 is 0. The summed E-state index contributed by atoms with van der Waals surface area (Å²) in [5, 5.41) is 0. The molecule has 0 N–H and O–H groups in total. The van der Waals surface area contributed by atoms with Crippen molar-refractivity contribution < 1.29 is 0 Å². The standard InChI is InChI=1S/C15H16.C3H6.C2H6.C2H4/c1-12(2)13-8-10-15(11-9-13)14-6-4-3-5-7-14;1-3-2;2*1-2/h3-12H,1-2H3;3H,1H2,2H3;1-2H3;1-2H2. The van der Waals surface area contributed by atoms with Crippen molar-refractivity contribution in [3.8, 4) is 11.1 Å². The van der Waals surface area contributed by atoms with Gasteiger partial charge in [0.1, 0.15) is 0 Å². The zero-order chi connectivity index (χ0) is 17.4. The van der Waals surface area contributed by atoms with Crippen molar-refractivity contribution in [2.24, 2.45) is 0 Å². The highest BCUT2D eigenvalue weighted by atomic mass is 14.0. The first-order valence-electron chi connectivity index (χ1n) is 7.91. The molecule has 0 saturated heterocycles. The minimum absolute atomic E-state index is 0.606. The van der Waals surface area contributed by atoms with Crippen LogP contribution in [-0.2, 0) is 0 Å². The zero-order valence-corrected chi connectivity index (χ0v) is 15.0. The monoisotopic (exact) mass is 296 g/mol. The summed E-state index contributed by atoms with van der Waals surface area (Å²) in [7, 11) is 0. The quantitative estimate of drug-likeness (QED) is 0.503. The van der Waals surface area contributed by atoms with E-state index >= 15 is 0 Å². The Kier molecular flexibility index (Phi) is 15.5. The van der Waals surface area contributed by atoms with E-state index in [4.69, 9.17) is 0 Å². The molecule has 2 aromatic rings. The highest BCUT2D eigenvalue weighted by molar-refractivity contribution is 5.63. The summed E-state index contributed by atoms with van der Waals surface area (Å²) in [5.74, 6) is 0.606. The number of hydrogen-bond acceptors (Lipinski definition) is 0. The SMILES string of the molecule is C=C.C=CC.CC.CC(C)c1ccc(-c2ccccc2)cc1. The lowest BCUT2D eigenvalue weighted by molar-refractivity contribution is 0.867. The van der Waals surface area contributed by atoms with Crippen LogP contribution in [0.2, 0.25) is 0 Å². The lowest BCUT2D eigenvalue weighted by atomic mass is 9.99. The molecule has 0 aliphatic rings. The van der Waals surface area contributed by atoms with Crippen LogP contribution in [0.3, 0.4) is 0 Å². The van der Waals surface area contributed by atoms with Gasteiger partial charge in [0.25, 0.3) is 0 Å². The highest BCUT2D eigenvalue weighted by Gasteiger charge is 1.99. The van der Waals surface area contributed by atoms with E-state index in [1.165, 1.54) is 16.7 Å². The van der Waals surface area contributed by atoms with E-state index in [1.54, 1.807) is 6.08 Å². The Morgan fingerprint density at radius 1 is 0.773 bits per heavy atom. The molecule has 2 rings (SSSR count). The van der Waals surface area contributed by atoms with Gasteiger partial charge in [-0.25, -0.2) is 0 Å². The summed E-state index contributed by atoms with van der Waals surface area (Å²) in [4.78, 5) is 0. The Labute approximate surface area is 138 Å². The van der Waals surface area contributed by atoms with Crippen LogP contribution in [0.15, 0.2) is 80.4 Å². The lowest BCUT2D eigenvalue weighted by Gasteiger charge is -2.06. The van der Waals surface area contributed by atoms with E-state index in [-0.39, 0.29) is 0 Å². The van der Waals surface area contributed by atoms with Crippen LogP contribution in [-0.4, -0.2) is 0 Å². The summed E-state index contributed by atoms with van der Waals surface area (Å²) in [6.07, 6.45) is 1.75. The molecule has 0 spiro atoms. The molecule has 120 valence electrons. The predicted octanol–water partition coefficient (Wildman–Crippen LogP) is 7.50. The molecule has 0 aliphatic carbocycles. The topological polar surface area (TPSA) is 0 Å². The summed E-state index contributed by atoms with van der Waals surface area (Å²) in [6.45, 7) is 19.7. The average molecular weight is 296 g/mol. The molecule has 0 saturated carbocycles. The Morgan fingerprint density at radius 3 is 1.50 bits per heavy atom. The van der Waals surface area contributed by atoms with Gasteiger partial charge in [0.2, 0.25) is 0 Å². The Balaban J connectivity index is 0. The summed E-state index contributed by atoms with van der Waals surface area (Å²) in [5.41, 5.74) is 3.97. The van der Waals surface area contributed by atoms with Crippen LogP contribution < -0.4 is 0 Å².